The van der Waals surface area contributed by atoms with Crippen LogP contribution in [0.15, 0.2) is 42.5 Å². The number of aromatic nitrogens is 2. The third-order valence-electron chi connectivity index (χ3n) is 3.22. The van der Waals surface area contributed by atoms with Gasteiger partial charge < -0.3 is 10.1 Å². The number of benzene rings is 2. The molecule has 0 radical (unpaired) electrons. The van der Waals surface area contributed by atoms with Gasteiger partial charge in [-0.25, -0.2) is 4.39 Å². The number of hydrogen-bond acceptors (Lipinski definition) is 5. The Morgan fingerprint density at radius 2 is 2.00 bits per heavy atom. The zero-order chi connectivity index (χ0) is 17.1. The average Bonchev–Trinajstić information content (AvgIpc) is 3.05. The molecule has 24 heavy (non-hydrogen) atoms. The number of methoxy groups -OCH3 is 1. The molecule has 0 unspecified atom stereocenters. The van der Waals surface area contributed by atoms with Crippen LogP contribution < -0.4 is 10.1 Å². The lowest BCUT2D eigenvalue weighted by atomic mass is 10.1. The number of hydrogen-bond donors (Lipinski definition) is 1. The van der Waals surface area contributed by atoms with Crippen LogP contribution in [0.4, 0.5) is 10.1 Å². The minimum atomic E-state index is -0.370. The van der Waals surface area contributed by atoms with Crippen LogP contribution in [0.1, 0.15) is 9.67 Å². The van der Waals surface area contributed by atoms with Crippen LogP contribution in [0.2, 0.25) is 5.02 Å². The molecule has 0 saturated carbocycles. The molecule has 0 spiro atoms. The minimum absolute atomic E-state index is 0.327. The van der Waals surface area contributed by atoms with Gasteiger partial charge in [-0.1, -0.05) is 16.1 Å². The van der Waals surface area contributed by atoms with E-state index in [1.165, 1.54) is 19.2 Å². The third kappa shape index (κ3) is 3.37. The number of nitrogens with one attached hydrogen (secondary N) is 1. The van der Waals surface area contributed by atoms with Crippen molar-refractivity contribution in [3.63, 3.8) is 0 Å². The van der Waals surface area contributed by atoms with Crippen LogP contribution in [-0.4, -0.2) is 22.6 Å². The molecule has 1 aromatic heterocycles. The van der Waals surface area contributed by atoms with E-state index in [4.69, 9.17) is 16.3 Å². The van der Waals surface area contributed by atoms with E-state index in [2.05, 4.69) is 14.9 Å². The van der Waals surface area contributed by atoms with Crippen molar-refractivity contribution in [1.82, 2.24) is 9.59 Å². The summed E-state index contributed by atoms with van der Waals surface area (Å²) in [6.07, 6.45) is 0. The first-order valence-corrected chi connectivity index (χ1v) is 7.97. The topological polar surface area (TPSA) is 64.1 Å². The molecule has 122 valence electrons. The van der Waals surface area contributed by atoms with E-state index in [-0.39, 0.29) is 11.7 Å². The summed E-state index contributed by atoms with van der Waals surface area (Å²) in [4.78, 5) is 12.8. The van der Waals surface area contributed by atoms with E-state index in [9.17, 15) is 9.18 Å². The molecule has 0 aliphatic rings. The molecular formula is C16H11ClFN3O2S. The molecule has 0 bridgehead atoms. The van der Waals surface area contributed by atoms with Crippen molar-refractivity contribution in [3.05, 3.63) is 58.2 Å². The number of amides is 1. The number of carbonyl (C=O) groups excluding carboxylic acids is 1. The average molecular weight is 364 g/mol. The Morgan fingerprint density at radius 3 is 2.67 bits per heavy atom. The standard InChI is InChI=1S/C16H11ClFN3O2S/c1-23-13-7-6-11(8-12(13)17)19-16(22)15-14(20-21-24-15)9-2-4-10(18)5-3-9/h2-8H,1H3,(H,19,22). The molecule has 8 heteroatoms. The Labute approximate surface area is 146 Å². The predicted molar refractivity (Wildman–Crippen MR) is 91.3 cm³/mol. The van der Waals surface area contributed by atoms with Crippen LogP contribution >= 0.6 is 23.1 Å². The van der Waals surface area contributed by atoms with E-state index in [0.29, 0.717) is 32.6 Å². The molecule has 1 amide bonds. The quantitative estimate of drug-likeness (QED) is 0.752. The number of halogens is 2. The van der Waals surface area contributed by atoms with Gasteiger partial charge in [-0.05, 0) is 54.0 Å². The van der Waals surface area contributed by atoms with Gasteiger partial charge in [0, 0.05) is 11.3 Å². The molecule has 0 aliphatic carbocycles. The van der Waals surface area contributed by atoms with Crippen LogP contribution in [0.5, 0.6) is 5.75 Å². The van der Waals surface area contributed by atoms with Gasteiger partial charge in [0.15, 0.2) is 0 Å². The highest BCUT2D eigenvalue weighted by Crippen LogP contribution is 2.29. The second kappa shape index (κ2) is 6.94. The lowest BCUT2D eigenvalue weighted by Gasteiger charge is -2.07. The van der Waals surface area contributed by atoms with Gasteiger partial charge in [0.05, 0.1) is 12.1 Å². The maximum Gasteiger partial charge on any atom is 0.269 e. The van der Waals surface area contributed by atoms with Crippen molar-refractivity contribution in [2.24, 2.45) is 0 Å². The van der Waals surface area contributed by atoms with Crippen molar-refractivity contribution in [3.8, 4) is 17.0 Å². The number of nitrogens with zero attached hydrogens (tertiary/aromatic N) is 2. The summed E-state index contributed by atoms with van der Waals surface area (Å²) in [5.41, 5.74) is 1.53. The molecule has 1 heterocycles. The fourth-order valence-corrected chi connectivity index (χ4v) is 2.91. The molecule has 0 aliphatic heterocycles. The first-order valence-electron chi connectivity index (χ1n) is 6.81. The Bertz CT molecular complexity index is 883. The van der Waals surface area contributed by atoms with Crippen molar-refractivity contribution in [2.75, 3.05) is 12.4 Å². The highest BCUT2D eigenvalue weighted by Gasteiger charge is 2.18. The van der Waals surface area contributed by atoms with Crippen molar-refractivity contribution >= 4 is 34.7 Å². The lowest BCUT2D eigenvalue weighted by molar-refractivity contribution is 0.103. The van der Waals surface area contributed by atoms with Gasteiger partial charge in [0.1, 0.15) is 22.1 Å². The first-order chi connectivity index (χ1) is 11.6. The molecule has 0 fully saturated rings. The van der Waals surface area contributed by atoms with E-state index in [1.807, 2.05) is 0 Å². The second-order valence-electron chi connectivity index (χ2n) is 4.76. The molecule has 0 atom stereocenters. The van der Waals surface area contributed by atoms with Gasteiger partial charge >= 0.3 is 0 Å². The van der Waals surface area contributed by atoms with Gasteiger partial charge in [0.2, 0.25) is 0 Å². The van der Waals surface area contributed by atoms with Crippen molar-refractivity contribution in [2.45, 2.75) is 0 Å². The maximum atomic E-state index is 13.0. The molecule has 3 rings (SSSR count). The molecule has 0 saturated heterocycles. The summed E-state index contributed by atoms with van der Waals surface area (Å²) < 4.78 is 21.9. The normalized spacial score (nSPS) is 10.5. The van der Waals surface area contributed by atoms with E-state index in [1.54, 1.807) is 30.3 Å². The fourth-order valence-electron chi connectivity index (χ4n) is 2.07. The lowest BCUT2D eigenvalue weighted by Crippen LogP contribution is -2.11. The Hall–Kier alpha value is -2.51. The molecule has 3 aromatic rings. The summed E-state index contributed by atoms with van der Waals surface area (Å²) in [5.74, 6) is -0.215. The Kier molecular flexibility index (Phi) is 4.73. The van der Waals surface area contributed by atoms with Gasteiger partial charge in [-0.15, -0.1) is 5.10 Å². The highest BCUT2D eigenvalue weighted by atomic mass is 35.5. The smallest absolute Gasteiger partial charge is 0.269 e. The maximum absolute atomic E-state index is 13.0. The zero-order valence-electron chi connectivity index (χ0n) is 12.4. The Balaban J connectivity index is 1.85. The molecule has 5 nitrogen and oxygen atoms in total. The van der Waals surface area contributed by atoms with E-state index >= 15 is 0 Å². The molecular weight excluding hydrogens is 353 g/mol. The summed E-state index contributed by atoms with van der Waals surface area (Å²) in [7, 11) is 1.51. The van der Waals surface area contributed by atoms with Crippen molar-refractivity contribution < 1.29 is 13.9 Å². The van der Waals surface area contributed by atoms with Gasteiger partial charge in [-0.3, -0.25) is 4.79 Å². The van der Waals surface area contributed by atoms with Crippen LogP contribution in [0, 0.1) is 5.82 Å². The summed E-state index contributed by atoms with van der Waals surface area (Å²) in [5, 5.41) is 7.08. The minimum Gasteiger partial charge on any atom is -0.495 e. The van der Waals surface area contributed by atoms with Crippen LogP contribution in [-0.2, 0) is 0 Å². The van der Waals surface area contributed by atoms with E-state index in [0.717, 1.165) is 11.5 Å². The summed E-state index contributed by atoms with van der Waals surface area (Å²) >= 11 is 7.01. The summed E-state index contributed by atoms with van der Waals surface area (Å²) in [6.45, 7) is 0. The largest absolute Gasteiger partial charge is 0.495 e. The fraction of sp³-hybridized carbons (Fsp3) is 0.0625. The predicted octanol–water partition coefficient (Wildman–Crippen LogP) is 4.26. The van der Waals surface area contributed by atoms with Gasteiger partial charge in [0.25, 0.3) is 5.91 Å². The highest BCUT2D eigenvalue weighted by molar-refractivity contribution is 7.08. The monoisotopic (exact) mass is 363 g/mol. The third-order valence-corrected chi connectivity index (χ3v) is 4.24. The van der Waals surface area contributed by atoms with E-state index < -0.39 is 0 Å². The zero-order valence-corrected chi connectivity index (χ0v) is 14.0. The van der Waals surface area contributed by atoms with Crippen LogP contribution in [0.3, 0.4) is 0 Å². The molecule has 1 N–H and O–H groups in total. The SMILES string of the molecule is COc1ccc(NC(=O)c2snnc2-c2ccc(F)cc2)cc1Cl. The number of rotatable bonds is 4. The molecule has 2 aromatic carbocycles. The number of carbonyl (C=O) groups is 1. The van der Waals surface area contributed by atoms with Gasteiger partial charge in [-0.2, -0.15) is 0 Å². The second-order valence-corrected chi connectivity index (χ2v) is 5.92. The summed E-state index contributed by atoms with van der Waals surface area (Å²) in [6, 6.07) is 10.6. The van der Waals surface area contributed by atoms with Crippen LogP contribution in [0.25, 0.3) is 11.3 Å². The Morgan fingerprint density at radius 1 is 1.25 bits per heavy atom. The first kappa shape index (κ1) is 16.4. The van der Waals surface area contributed by atoms with Crippen molar-refractivity contribution in [1.29, 1.82) is 0 Å². The number of anilines is 1. The number of ether oxygens (including phenoxy) is 1.